The third-order valence-corrected chi connectivity index (χ3v) is 7.38. The Morgan fingerprint density at radius 3 is 2.71 bits per heavy atom. The molecule has 7 nitrogen and oxygen atoms in total. The molecule has 0 amide bonds. The number of esters is 1. The van der Waals surface area contributed by atoms with Gasteiger partial charge in [-0.15, -0.1) is 0 Å². The molecule has 5 atom stereocenters. The summed E-state index contributed by atoms with van der Waals surface area (Å²) in [5.74, 6) is 1.21. The van der Waals surface area contributed by atoms with Crippen LogP contribution in [0.1, 0.15) is 69.9 Å². The number of carbonyl (C=O) groups is 2. The van der Waals surface area contributed by atoms with E-state index in [1.54, 1.807) is 6.92 Å². The van der Waals surface area contributed by atoms with E-state index in [-0.39, 0.29) is 31.3 Å². The van der Waals surface area contributed by atoms with Crippen molar-refractivity contribution in [3.8, 4) is 5.75 Å². The first-order chi connectivity index (χ1) is 16.5. The zero-order chi connectivity index (χ0) is 24.5. The molecule has 2 aliphatic carbocycles. The molecule has 0 saturated heterocycles. The van der Waals surface area contributed by atoms with E-state index in [0.717, 1.165) is 69.1 Å². The molecular formula is C27H40O7. The van der Waals surface area contributed by atoms with Crippen LogP contribution in [0.3, 0.4) is 0 Å². The van der Waals surface area contributed by atoms with Gasteiger partial charge in [0.05, 0.1) is 19.8 Å². The molecule has 7 heteroatoms. The van der Waals surface area contributed by atoms with Crippen molar-refractivity contribution in [2.45, 2.75) is 83.8 Å². The predicted molar refractivity (Wildman–Crippen MR) is 128 cm³/mol. The maximum absolute atomic E-state index is 12.2. The van der Waals surface area contributed by atoms with Gasteiger partial charge in [0.15, 0.2) is 6.61 Å². The molecular weight excluding hydrogens is 436 g/mol. The maximum Gasteiger partial charge on any atom is 0.508 e. The van der Waals surface area contributed by atoms with Gasteiger partial charge in [0.1, 0.15) is 11.9 Å². The molecule has 1 fully saturated rings. The average Bonchev–Trinajstić information content (AvgIpc) is 3.15. The molecule has 0 aliphatic heterocycles. The maximum atomic E-state index is 12.2. The molecule has 1 aromatic carbocycles. The van der Waals surface area contributed by atoms with Gasteiger partial charge in [0.2, 0.25) is 0 Å². The Morgan fingerprint density at radius 2 is 1.97 bits per heavy atom. The van der Waals surface area contributed by atoms with Crippen LogP contribution in [0.15, 0.2) is 18.2 Å². The molecule has 3 rings (SSSR count). The van der Waals surface area contributed by atoms with Gasteiger partial charge in [-0.2, -0.15) is 0 Å². The first-order valence-electron chi connectivity index (χ1n) is 12.8. The molecule has 34 heavy (non-hydrogen) atoms. The summed E-state index contributed by atoms with van der Waals surface area (Å²) in [4.78, 5) is 23.7. The molecule has 0 heterocycles. The SMILES string of the molecule is CCCCCC(O)CCC1C(OC(=O)OCC)CC2Cc3c(cccc3OCC(=O)OC)CC21. The molecule has 0 radical (unpaired) electrons. The molecule has 0 aromatic heterocycles. The number of aliphatic hydroxyl groups is 1. The highest BCUT2D eigenvalue weighted by molar-refractivity contribution is 5.71. The summed E-state index contributed by atoms with van der Waals surface area (Å²) < 4.78 is 21.3. The Morgan fingerprint density at radius 1 is 1.15 bits per heavy atom. The molecule has 0 bridgehead atoms. The topological polar surface area (TPSA) is 91.3 Å². The quantitative estimate of drug-likeness (QED) is 0.340. The van der Waals surface area contributed by atoms with Crippen LogP contribution in [0.5, 0.6) is 5.75 Å². The smallest absolute Gasteiger partial charge is 0.482 e. The van der Waals surface area contributed by atoms with Gasteiger partial charge < -0.3 is 24.1 Å². The third kappa shape index (κ3) is 6.87. The minimum absolute atomic E-state index is 0.117. The van der Waals surface area contributed by atoms with Crippen LogP contribution < -0.4 is 4.74 Å². The number of hydrogen-bond acceptors (Lipinski definition) is 7. The normalized spacial score (nSPS) is 24.0. The minimum atomic E-state index is -0.612. The number of unbranched alkanes of at least 4 members (excludes halogenated alkanes) is 2. The van der Waals surface area contributed by atoms with E-state index in [9.17, 15) is 14.7 Å². The molecule has 1 N–H and O–H groups in total. The van der Waals surface area contributed by atoms with Gasteiger partial charge in [-0.05, 0) is 80.4 Å². The lowest BCUT2D eigenvalue weighted by Crippen LogP contribution is -2.30. The largest absolute Gasteiger partial charge is 0.508 e. The van der Waals surface area contributed by atoms with Crippen molar-refractivity contribution < 1.29 is 33.6 Å². The Bertz CT molecular complexity index is 808. The zero-order valence-electron chi connectivity index (χ0n) is 20.8. The van der Waals surface area contributed by atoms with Crippen LogP contribution in [0, 0.1) is 17.8 Å². The number of rotatable bonds is 12. The minimum Gasteiger partial charge on any atom is -0.482 e. The summed E-state index contributed by atoms with van der Waals surface area (Å²) in [6.45, 7) is 4.10. The first-order valence-corrected chi connectivity index (χ1v) is 12.8. The van der Waals surface area contributed by atoms with Crippen LogP contribution in [-0.4, -0.2) is 49.8 Å². The number of fused-ring (bicyclic) bond motifs is 2. The fraction of sp³-hybridized carbons (Fsp3) is 0.704. The molecule has 1 aromatic rings. The van der Waals surface area contributed by atoms with Crippen LogP contribution in [0.4, 0.5) is 4.79 Å². The fourth-order valence-electron chi connectivity index (χ4n) is 5.68. The summed E-state index contributed by atoms with van der Waals surface area (Å²) in [7, 11) is 1.35. The Labute approximate surface area is 203 Å². The number of ether oxygens (including phenoxy) is 4. The van der Waals surface area contributed by atoms with E-state index in [1.165, 1.54) is 12.7 Å². The summed E-state index contributed by atoms with van der Waals surface area (Å²) in [6.07, 6.45) is 6.99. The van der Waals surface area contributed by atoms with Gasteiger partial charge in [0, 0.05) is 0 Å². The van der Waals surface area contributed by atoms with Gasteiger partial charge in [-0.3, -0.25) is 0 Å². The van der Waals surface area contributed by atoms with Crippen molar-refractivity contribution in [3.05, 3.63) is 29.3 Å². The highest BCUT2D eigenvalue weighted by Crippen LogP contribution is 2.49. The summed E-state index contributed by atoms with van der Waals surface area (Å²) in [5.41, 5.74) is 2.34. The van der Waals surface area contributed by atoms with Gasteiger partial charge in [-0.1, -0.05) is 38.3 Å². The first kappa shape index (κ1) is 26.3. The van der Waals surface area contributed by atoms with E-state index in [2.05, 4.69) is 13.0 Å². The van der Waals surface area contributed by atoms with Crippen molar-refractivity contribution in [2.75, 3.05) is 20.3 Å². The van der Waals surface area contributed by atoms with Crippen molar-refractivity contribution >= 4 is 12.1 Å². The van der Waals surface area contributed by atoms with Crippen molar-refractivity contribution in [1.82, 2.24) is 0 Å². The van der Waals surface area contributed by atoms with Crippen LogP contribution in [-0.2, 0) is 31.8 Å². The summed E-state index contributed by atoms with van der Waals surface area (Å²) >= 11 is 0. The van der Waals surface area contributed by atoms with Crippen molar-refractivity contribution in [3.63, 3.8) is 0 Å². The Hall–Kier alpha value is -2.28. The average molecular weight is 477 g/mol. The zero-order valence-corrected chi connectivity index (χ0v) is 20.8. The second-order valence-corrected chi connectivity index (χ2v) is 9.56. The predicted octanol–water partition coefficient (Wildman–Crippen LogP) is 4.85. The number of aliphatic hydroxyl groups excluding tert-OH is 1. The van der Waals surface area contributed by atoms with E-state index in [1.807, 2.05) is 12.1 Å². The van der Waals surface area contributed by atoms with E-state index in [4.69, 9.17) is 18.9 Å². The molecule has 0 spiro atoms. The second kappa shape index (κ2) is 13.0. The summed E-state index contributed by atoms with van der Waals surface area (Å²) in [6, 6.07) is 5.97. The lowest BCUT2D eigenvalue weighted by molar-refractivity contribution is -0.142. The lowest BCUT2D eigenvalue weighted by atomic mass is 9.73. The standard InChI is InChI=1S/C27H40O7/c1-4-6-7-10-20(28)12-13-21-22-14-18-9-8-11-24(33-17-26(29)31-3)23(18)15-19(22)16-25(21)34-27(30)32-5-2/h8-9,11,19-22,25,28H,4-7,10,12-17H2,1-3H3. The molecule has 190 valence electrons. The molecule has 5 unspecified atom stereocenters. The van der Waals surface area contributed by atoms with Crippen LogP contribution in [0.25, 0.3) is 0 Å². The summed E-state index contributed by atoms with van der Waals surface area (Å²) in [5, 5.41) is 10.5. The highest BCUT2D eigenvalue weighted by atomic mass is 16.7. The van der Waals surface area contributed by atoms with E-state index >= 15 is 0 Å². The monoisotopic (exact) mass is 476 g/mol. The van der Waals surface area contributed by atoms with Gasteiger partial charge >= 0.3 is 12.1 Å². The van der Waals surface area contributed by atoms with Gasteiger partial charge in [0.25, 0.3) is 0 Å². The Balaban J connectivity index is 1.72. The van der Waals surface area contributed by atoms with E-state index < -0.39 is 12.1 Å². The van der Waals surface area contributed by atoms with E-state index in [0.29, 0.717) is 11.8 Å². The number of carbonyl (C=O) groups excluding carboxylic acids is 2. The van der Waals surface area contributed by atoms with Crippen LogP contribution in [0.2, 0.25) is 0 Å². The van der Waals surface area contributed by atoms with Crippen molar-refractivity contribution in [2.24, 2.45) is 17.8 Å². The number of hydrogen-bond donors (Lipinski definition) is 1. The van der Waals surface area contributed by atoms with Crippen molar-refractivity contribution in [1.29, 1.82) is 0 Å². The Kier molecular flexibility index (Phi) is 10.1. The fourth-order valence-corrected chi connectivity index (χ4v) is 5.68. The molecule has 2 aliphatic rings. The third-order valence-electron chi connectivity index (χ3n) is 7.38. The van der Waals surface area contributed by atoms with Crippen LogP contribution >= 0.6 is 0 Å². The number of benzene rings is 1. The van der Waals surface area contributed by atoms with Gasteiger partial charge in [-0.25, -0.2) is 9.59 Å². The highest BCUT2D eigenvalue weighted by Gasteiger charge is 2.47. The lowest BCUT2D eigenvalue weighted by Gasteiger charge is -2.32. The molecule has 1 saturated carbocycles. The second-order valence-electron chi connectivity index (χ2n) is 9.56. The number of methoxy groups -OCH3 is 1.